The first-order valence-electron chi connectivity index (χ1n) is 5.97. The van der Waals surface area contributed by atoms with E-state index in [0.29, 0.717) is 5.56 Å². The predicted molar refractivity (Wildman–Crippen MR) is 62.3 cm³/mol. The molecule has 6 heteroatoms. The Hall–Kier alpha value is -1.56. The van der Waals surface area contributed by atoms with Gasteiger partial charge in [-0.05, 0) is 13.0 Å². The van der Waals surface area contributed by atoms with Crippen molar-refractivity contribution in [3.63, 3.8) is 0 Å². The summed E-state index contributed by atoms with van der Waals surface area (Å²) in [5, 5.41) is 2.89. The van der Waals surface area contributed by atoms with Crippen molar-refractivity contribution >= 4 is 5.97 Å². The Morgan fingerprint density at radius 2 is 2.16 bits per heavy atom. The van der Waals surface area contributed by atoms with Crippen LogP contribution in [-0.4, -0.2) is 24.5 Å². The summed E-state index contributed by atoms with van der Waals surface area (Å²) >= 11 is 0. The molecule has 1 saturated heterocycles. The van der Waals surface area contributed by atoms with E-state index in [9.17, 15) is 18.0 Å². The first-order valence-corrected chi connectivity index (χ1v) is 5.97. The Morgan fingerprint density at radius 3 is 2.74 bits per heavy atom. The maximum absolute atomic E-state index is 13.5. The van der Waals surface area contributed by atoms with Gasteiger partial charge in [0.1, 0.15) is 11.9 Å². The minimum Gasteiger partial charge on any atom is -0.456 e. The summed E-state index contributed by atoms with van der Waals surface area (Å²) in [5.41, 5.74) is 0.443. The number of carbonyl (C=O) groups is 1. The summed E-state index contributed by atoms with van der Waals surface area (Å²) in [4.78, 5) is 10.8. The van der Waals surface area contributed by atoms with Gasteiger partial charge < -0.3 is 10.1 Å². The molecule has 0 spiro atoms. The second kappa shape index (κ2) is 5.21. The van der Waals surface area contributed by atoms with Gasteiger partial charge in [0.15, 0.2) is 0 Å². The Kier molecular flexibility index (Phi) is 3.80. The molecule has 0 aliphatic carbocycles. The van der Waals surface area contributed by atoms with Gasteiger partial charge >= 0.3 is 11.9 Å². The quantitative estimate of drug-likeness (QED) is 0.856. The smallest absolute Gasteiger partial charge is 0.377 e. The Bertz CT molecular complexity index is 479. The van der Waals surface area contributed by atoms with Crippen LogP contribution in [0.5, 0.6) is 0 Å². The van der Waals surface area contributed by atoms with Crippen LogP contribution in [-0.2, 0) is 9.53 Å². The molecule has 1 unspecified atom stereocenters. The molecule has 1 aliphatic rings. The molecule has 2 rings (SSSR count). The Balaban J connectivity index is 1.90. The second-order valence-corrected chi connectivity index (χ2v) is 4.59. The second-order valence-electron chi connectivity index (χ2n) is 4.59. The number of rotatable bonds is 4. The van der Waals surface area contributed by atoms with Gasteiger partial charge in [0.2, 0.25) is 0 Å². The number of benzene rings is 1. The molecular formula is C13H14F3NO2. The molecule has 2 atom stereocenters. The topological polar surface area (TPSA) is 38.3 Å². The molecule has 1 fully saturated rings. The van der Waals surface area contributed by atoms with E-state index in [4.69, 9.17) is 0 Å². The fourth-order valence-electron chi connectivity index (χ4n) is 2.01. The van der Waals surface area contributed by atoms with Gasteiger partial charge in [-0.3, -0.25) is 0 Å². The normalized spacial score (nSPS) is 23.2. The van der Waals surface area contributed by atoms with Crippen LogP contribution in [0.25, 0.3) is 0 Å². The molecule has 1 heterocycles. The zero-order valence-corrected chi connectivity index (χ0v) is 10.3. The van der Waals surface area contributed by atoms with Crippen LogP contribution in [0.15, 0.2) is 24.3 Å². The minimum atomic E-state index is -3.41. The summed E-state index contributed by atoms with van der Waals surface area (Å²) in [7, 11) is 0. The van der Waals surface area contributed by atoms with Gasteiger partial charge in [0.25, 0.3) is 0 Å². The zero-order valence-electron chi connectivity index (χ0n) is 10.3. The molecule has 0 saturated carbocycles. The Morgan fingerprint density at radius 1 is 1.47 bits per heavy atom. The molecule has 3 nitrogen and oxygen atoms in total. The summed E-state index contributed by atoms with van der Waals surface area (Å²) in [5.74, 6) is -5.26. The third kappa shape index (κ3) is 3.07. The maximum atomic E-state index is 13.5. The lowest BCUT2D eigenvalue weighted by Crippen LogP contribution is -2.29. The highest BCUT2D eigenvalue weighted by Gasteiger charge is 2.50. The number of cyclic esters (lactones) is 1. The van der Waals surface area contributed by atoms with E-state index in [-0.39, 0.29) is 18.4 Å². The molecule has 1 N–H and O–H groups in total. The summed E-state index contributed by atoms with van der Waals surface area (Å²) in [6.07, 6.45) is -1.51. The van der Waals surface area contributed by atoms with Crippen LogP contribution in [0.4, 0.5) is 13.2 Å². The highest BCUT2D eigenvalue weighted by Crippen LogP contribution is 2.30. The van der Waals surface area contributed by atoms with Crippen molar-refractivity contribution in [3.05, 3.63) is 35.6 Å². The first-order chi connectivity index (χ1) is 8.90. The fourth-order valence-corrected chi connectivity index (χ4v) is 2.01. The van der Waals surface area contributed by atoms with Gasteiger partial charge in [0.05, 0.1) is 6.42 Å². The lowest BCUT2D eigenvalue weighted by molar-refractivity contribution is -0.159. The first kappa shape index (κ1) is 13.9. The van der Waals surface area contributed by atoms with E-state index in [1.807, 2.05) is 0 Å². The van der Waals surface area contributed by atoms with Crippen LogP contribution in [0.3, 0.4) is 0 Å². The van der Waals surface area contributed by atoms with Gasteiger partial charge in [-0.25, -0.2) is 9.18 Å². The van der Waals surface area contributed by atoms with E-state index in [1.165, 1.54) is 6.07 Å². The van der Waals surface area contributed by atoms with Gasteiger partial charge in [0, 0.05) is 18.2 Å². The number of ether oxygens (including phenoxy) is 1. The van der Waals surface area contributed by atoms with Crippen LogP contribution in [0.2, 0.25) is 0 Å². The largest absolute Gasteiger partial charge is 0.456 e. The van der Waals surface area contributed by atoms with E-state index in [2.05, 4.69) is 10.1 Å². The van der Waals surface area contributed by atoms with Crippen molar-refractivity contribution in [2.24, 2.45) is 0 Å². The highest BCUT2D eigenvalue weighted by atomic mass is 19.3. The predicted octanol–water partition coefficient (Wildman–Crippen LogP) is 2.43. The van der Waals surface area contributed by atoms with Gasteiger partial charge in [-0.2, -0.15) is 8.78 Å². The van der Waals surface area contributed by atoms with Crippen LogP contribution in [0, 0.1) is 5.82 Å². The number of hydrogen-bond donors (Lipinski definition) is 1. The average molecular weight is 273 g/mol. The number of nitrogens with one attached hydrogen (secondary N) is 1. The number of carbonyl (C=O) groups excluding carboxylic acids is 1. The Labute approximate surface area is 108 Å². The van der Waals surface area contributed by atoms with Gasteiger partial charge in [-0.15, -0.1) is 0 Å². The monoisotopic (exact) mass is 273 g/mol. The molecule has 0 aromatic heterocycles. The lowest BCUT2D eigenvalue weighted by atomic mass is 10.1. The minimum absolute atomic E-state index is 0.0663. The van der Waals surface area contributed by atoms with Crippen molar-refractivity contribution < 1.29 is 22.7 Å². The fraction of sp³-hybridized carbons (Fsp3) is 0.462. The molecule has 0 amide bonds. The molecule has 0 bridgehead atoms. The maximum Gasteiger partial charge on any atom is 0.377 e. The van der Waals surface area contributed by atoms with E-state index < -0.39 is 24.4 Å². The van der Waals surface area contributed by atoms with Crippen molar-refractivity contribution in [1.29, 1.82) is 0 Å². The van der Waals surface area contributed by atoms with E-state index in [1.54, 1.807) is 25.1 Å². The summed E-state index contributed by atoms with van der Waals surface area (Å²) in [6.45, 7) is 1.78. The standard InChI is InChI=1S/C13H14F3NO2/c1-8(10-4-2-3-5-11(10)14)17-7-9-6-13(15,16)12(18)19-9/h2-5,8-9,17H,6-7H2,1H3/t8-,9?/m1/s1. The number of alkyl halides is 2. The van der Waals surface area contributed by atoms with Gasteiger partial charge in [-0.1, -0.05) is 18.2 Å². The third-order valence-electron chi connectivity index (χ3n) is 3.08. The van der Waals surface area contributed by atoms with E-state index >= 15 is 0 Å². The molecule has 1 aliphatic heterocycles. The van der Waals surface area contributed by atoms with Crippen LogP contribution < -0.4 is 5.32 Å². The van der Waals surface area contributed by atoms with Crippen molar-refractivity contribution in [3.8, 4) is 0 Å². The summed E-state index contributed by atoms with van der Waals surface area (Å²) < 4.78 is 43.9. The zero-order chi connectivity index (χ0) is 14.0. The third-order valence-corrected chi connectivity index (χ3v) is 3.08. The lowest BCUT2D eigenvalue weighted by Gasteiger charge is -2.17. The highest BCUT2D eigenvalue weighted by molar-refractivity contribution is 5.79. The summed E-state index contributed by atoms with van der Waals surface area (Å²) in [6, 6.07) is 5.86. The van der Waals surface area contributed by atoms with E-state index in [0.717, 1.165) is 0 Å². The molecule has 1 aromatic rings. The molecule has 104 valence electrons. The SMILES string of the molecule is C[C@@H](NCC1CC(F)(F)C(=O)O1)c1ccccc1F. The molecule has 0 radical (unpaired) electrons. The van der Waals surface area contributed by atoms with Crippen molar-refractivity contribution in [1.82, 2.24) is 5.32 Å². The molecular weight excluding hydrogens is 259 g/mol. The van der Waals surface area contributed by atoms with Crippen molar-refractivity contribution in [2.75, 3.05) is 6.54 Å². The number of halogens is 3. The number of esters is 1. The van der Waals surface area contributed by atoms with Crippen LogP contribution >= 0.6 is 0 Å². The number of hydrogen-bond acceptors (Lipinski definition) is 3. The molecule has 19 heavy (non-hydrogen) atoms. The van der Waals surface area contributed by atoms with Crippen LogP contribution in [0.1, 0.15) is 24.9 Å². The van der Waals surface area contributed by atoms with Crippen molar-refractivity contribution in [2.45, 2.75) is 31.4 Å². The average Bonchev–Trinajstić information content (AvgIpc) is 2.61. The molecule has 1 aromatic carbocycles.